The van der Waals surface area contributed by atoms with Crippen LogP contribution in [0.25, 0.3) is 0 Å². The topological polar surface area (TPSA) is 54.9 Å². The maximum atomic E-state index is 13.3. The van der Waals surface area contributed by atoms with Crippen molar-refractivity contribution in [1.82, 2.24) is 9.78 Å². The van der Waals surface area contributed by atoms with Crippen LogP contribution in [-0.2, 0) is 13.2 Å². The number of rotatable bonds is 5. The van der Waals surface area contributed by atoms with Gasteiger partial charge < -0.3 is 0 Å². The highest BCUT2D eigenvalue weighted by atomic mass is 32.2. The van der Waals surface area contributed by atoms with Crippen LogP contribution in [0.15, 0.2) is 21.8 Å². The Morgan fingerprint density at radius 3 is 2.54 bits per heavy atom. The SMILES string of the molecule is CCSc1c(C(F)(F)F)ccc(C(=O)c2c(C3CC3)[nH]n(C)c2=O)c1C. The number of carbonyl (C=O) groups excluding carboxylic acids is 1. The van der Waals surface area contributed by atoms with E-state index in [1.54, 1.807) is 6.92 Å². The highest BCUT2D eigenvalue weighted by molar-refractivity contribution is 7.99. The Morgan fingerprint density at radius 2 is 2.00 bits per heavy atom. The summed E-state index contributed by atoms with van der Waals surface area (Å²) in [6, 6.07) is 2.12. The van der Waals surface area contributed by atoms with Gasteiger partial charge in [0.2, 0.25) is 5.78 Å². The standard InChI is InChI=1S/C18H19F3N2O2S/c1-4-26-16-9(2)11(7-8-12(16)18(19,20)21)15(24)13-14(10-5-6-10)22-23(3)17(13)25/h7-8,10,22H,4-6H2,1-3H3. The number of nitrogens with one attached hydrogen (secondary N) is 1. The van der Waals surface area contributed by atoms with Crippen molar-refractivity contribution in [3.63, 3.8) is 0 Å². The van der Waals surface area contributed by atoms with Crippen molar-refractivity contribution >= 4 is 17.5 Å². The molecule has 0 unspecified atom stereocenters. The van der Waals surface area contributed by atoms with E-state index in [2.05, 4.69) is 5.10 Å². The summed E-state index contributed by atoms with van der Waals surface area (Å²) in [7, 11) is 1.53. The summed E-state index contributed by atoms with van der Waals surface area (Å²) >= 11 is 1.05. The Kier molecular flexibility index (Phi) is 4.81. The van der Waals surface area contributed by atoms with Gasteiger partial charge in [-0.05, 0) is 37.1 Å². The maximum absolute atomic E-state index is 13.3. The molecule has 8 heteroatoms. The lowest BCUT2D eigenvalue weighted by molar-refractivity contribution is -0.139. The fourth-order valence-corrected chi connectivity index (χ4v) is 4.04. The van der Waals surface area contributed by atoms with Crippen molar-refractivity contribution in [2.45, 2.75) is 43.7 Å². The molecular weight excluding hydrogens is 365 g/mol. The van der Waals surface area contributed by atoms with E-state index in [0.717, 1.165) is 30.7 Å². The predicted molar refractivity (Wildman–Crippen MR) is 94.0 cm³/mol. The second-order valence-corrected chi connectivity index (χ2v) is 7.69. The van der Waals surface area contributed by atoms with Gasteiger partial charge in [0, 0.05) is 23.4 Å². The van der Waals surface area contributed by atoms with Crippen molar-refractivity contribution in [2.75, 3.05) is 5.75 Å². The molecule has 1 saturated carbocycles. The summed E-state index contributed by atoms with van der Waals surface area (Å²) in [5.74, 6) is 0.0703. The lowest BCUT2D eigenvalue weighted by Crippen LogP contribution is -2.21. The molecular formula is C18H19F3N2O2S. The molecule has 3 rings (SSSR count). The van der Waals surface area contributed by atoms with Gasteiger partial charge in [-0.2, -0.15) is 13.2 Å². The number of aryl methyl sites for hydroxylation is 1. The second kappa shape index (κ2) is 6.64. The van der Waals surface area contributed by atoms with Crippen LogP contribution in [0, 0.1) is 6.92 Å². The molecule has 0 aliphatic heterocycles. The van der Waals surface area contributed by atoms with Gasteiger partial charge >= 0.3 is 6.18 Å². The van der Waals surface area contributed by atoms with E-state index in [1.165, 1.54) is 24.7 Å². The summed E-state index contributed by atoms with van der Waals surface area (Å²) in [4.78, 5) is 25.5. The minimum Gasteiger partial charge on any atom is -0.299 e. The number of benzene rings is 1. The Hall–Kier alpha value is -1.96. The molecule has 1 aromatic carbocycles. The first-order chi connectivity index (χ1) is 12.2. The van der Waals surface area contributed by atoms with Gasteiger partial charge in [0.1, 0.15) is 5.56 Å². The number of hydrogen-bond acceptors (Lipinski definition) is 3. The first-order valence-corrected chi connectivity index (χ1v) is 9.32. The van der Waals surface area contributed by atoms with Crippen LogP contribution in [-0.4, -0.2) is 21.3 Å². The number of aromatic amines is 1. The van der Waals surface area contributed by atoms with Gasteiger partial charge in [-0.15, -0.1) is 11.8 Å². The fraction of sp³-hybridized carbons (Fsp3) is 0.444. The largest absolute Gasteiger partial charge is 0.417 e. The number of halogens is 3. The van der Waals surface area contributed by atoms with Gasteiger partial charge in [-0.25, -0.2) is 0 Å². The number of nitrogens with zero attached hydrogens (tertiary/aromatic N) is 1. The fourth-order valence-electron chi connectivity index (χ4n) is 3.08. The van der Waals surface area contributed by atoms with E-state index < -0.39 is 23.1 Å². The molecule has 1 aromatic heterocycles. The quantitative estimate of drug-likeness (QED) is 0.619. The number of carbonyl (C=O) groups is 1. The summed E-state index contributed by atoms with van der Waals surface area (Å²) in [6.45, 7) is 3.26. The Labute approximate surface area is 152 Å². The molecule has 1 fully saturated rings. The van der Waals surface area contributed by atoms with Crippen LogP contribution < -0.4 is 5.56 Å². The van der Waals surface area contributed by atoms with Crippen LogP contribution in [0.5, 0.6) is 0 Å². The predicted octanol–water partition coefficient (Wildman–Crippen LogP) is 4.26. The molecule has 0 amide bonds. The van der Waals surface area contributed by atoms with E-state index in [9.17, 15) is 22.8 Å². The number of hydrogen-bond donors (Lipinski definition) is 1. The van der Waals surface area contributed by atoms with Gasteiger partial charge in [0.25, 0.3) is 5.56 Å². The third-order valence-corrected chi connectivity index (χ3v) is 5.64. The summed E-state index contributed by atoms with van der Waals surface area (Å²) < 4.78 is 41.1. The molecule has 26 heavy (non-hydrogen) atoms. The molecule has 0 atom stereocenters. The lowest BCUT2D eigenvalue weighted by atomic mass is 9.96. The molecule has 0 spiro atoms. The number of thioether (sulfide) groups is 1. The number of aromatic nitrogens is 2. The first kappa shape index (κ1) is 18.8. The number of ketones is 1. The van der Waals surface area contributed by atoms with Crippen molar-refractivity contribution in [2.24, 2.45) is 7.05 Å². The summed E-state index contributed by atoms with van der Waals surface area (Å²) in [5.41, 5.74) is -0.144. The monoisotopic (exact) mass is 384 g/mol. The molecule has 4 nitrogen and oxygen atoms in total. The van der Waals surface area contributed by atoms with Crippen molar-refractivity contribution in [3.8, 4) is 0 Å². The van der Waals surface area contributed by atoms with E-state index in [4.69, 9.17) is 0 Å². The van der Waals surface area contributed by atoms with E-state index in [-0.39, 0.29) is 27.5 Å². The highest BCUT2D eigenvalue weighted by Crippen LogP contribution is 2.42. The number of alkyl halides is 3. The first-order valence-electron chi connectivity index (χ1n) is 8.34. The smallest absolute Gasteiger partial charge is 0.299 e. The third kappa shape index (κ3) is 3.22. The minimum atomic E-state index is -4.49. The highest BCUT2D eigenvalue weighted by Gasteiger charge is 2.37. The Bertz CT molecular complexity index is 924. The van der Waals surface area contributed by atoms with Gasteiger partial charge in [-0.3, -0.25) is 19.4 Å². The van der Waals surface area contributed by atoms with Crippen LogP contribution in [0.4, 0.5) is 13.2 Å². The molecule has 0 saturated heterocycles. The molecule has 0 radical (unpaired) electrons. The zero-order chi connectivity index (χ0) is 19.2. The third-order valence-electron chi connectivity index (χ3n) is 4.53. The molecule has 0 bridgehead atoms. The van der Waals surface area contributed by atoms with E-state index in [0.29, 0.717) is 11.4 Å². The number of H-pyrrole nitrogens is 1. The van der Waals surface area contributed by atoms with Gasteiger partial charge in [0.05, 0.1) is 11.3 Å². The Morgan fingerprint density at radius 1 is 1.35 bits per heavy atom. The van der Waals surface area contributed by atoms with Gasteiger partial charge in [-0.1, -0.05) is 13.0 Å². The minimum absolute atomic E-state index is 0.0466. The van der Waals surface area contributed by atoms with Crippen molar-refractivity contribution in [1.29, 1.82) is 0 Å². The zero-order valence-corrected chi connectivity index (χ0v) is 15.5. The molecule has 1 aliphatic carbocycles. The summed E-state index contributed by atoms with van der Waals surface area (Å²) in [6.07, 6.45) is -2.71. The van der Waals surface area contributed by atoms with Crippen LogP contribution in [0.3, 0.4) is 0 Å². The van der Waals surface area contributed by atoms with E-state index in [1.807, 2.05) is 0 Å². The average molecular weight is 384 g/mol. The zero-order valence-electron chi connectivity index (χ0n) is 14.7. The lowest BCUT2D eigenvalue weighted by Gasteiger charge is -2.17. The van der Waals surface area contributed by atoms with Crippen LogP contribution in [0.2, 0.25) is 0 Å². The molecule has 1 N–H and O–H groups in total. The molecule has 1 aliphatic rings. The van der Waals surface area contributed by atoms with E-state index >= 15 is 0 Å². The molecule has 140 valence electrons. The molecule has 2 aromatic rings. The van der Waals surface area contributed by atoms with Crippen molar-refractivity contribution in [3.05, 3.63) is 50.4 Å². The van der Waals surface area contributed by atoms with Crippen molar-refractivity contribution < 1.29 is 18.0 Å². The van der Waals surface area contributed by atoms with Crippen LogP contribution >= 0.6 is 11.8 Å². The summed E-state index contributed by atoms with van der Waals surface area (Å²) in [5, 5.41) is 2.92. The maximum Gasteiger partial charge on any atom is 0.417 e. The second-order valence-electron chi connectivity index (χ2n) is 6.41. The Balaban J connectivity index is 2.15. The normalized spacial score (nSPS) is 14.7. The molecule has 1 heterocycles. The van der Waals surface area contributed by atoms with Crippen LogP contribution in [0.1, 0.15) is 58.4 Å². The van der Waals surface area contributed by atoms with Gasteiger partial charge in [0.15, 0.2) is 0 Å². The average Bonchev–Trinajstić information content (AvgIpc) is 3.35.